The first-order valence-electron chi connectivity index (χ1n) is 5.09. The Morgan fingerprint density at radius 2 is 2.29 bits per heavy atom. The van der Waals surface area contributed by atoms with Gasteiger partial charge in [0.25, 0.3) is 0 Å². The van der Waals surface area contributed by atoms with Crippen molar-refractivity contribution in [3.63, 3.8) is 0 Å². The number of benzene rings is 1. The van der Waals surface area contributed by atoms with Crippen LogP contribution in [0.2, 0.25) is 0 Å². The molecule has 0 saturated heterocycles. The fourth-order valence-electron chi connectivity index (χ4n) is 1.13. The van der Waals surface area contributed by atoms with Gasteiger partial charge in [-0.1, -0.05) is 23.6 Å². The van der Waals surface area contributed by atoms with E-state index in [4.69, 9.17) is 4.74 Å². The van der Waals surface area contributed by atoms with Gasteiger partial charge in [0.15, 0.2) is 5.12 Å². The van der Waals surface area contributed by atoms with E-state index in [9.17, 15) is 9.18 Å². The number of thioether (sulfide) groups is 1. The monoisotopic (exact) mass is 252 g/mol. The summed E-state index contributed by atoms with van der Waals surface area (Å²) in [6, 6.07) is 4.55. The second kappa shape index (κ2) is 6.97. The molecule has 1 aromatic carbocycles. The zero-order chi connectivity index (χ0) is 12.7. The molecule has 0 atom stereocenters. The van der Waals surface area contributed by atoms with Crippen LogP contribution in [-0.2, 0) is 4.79 Å². The van der Waals surface area contributed by atoms with Crippen LogP contribution >= 0.6 is 11.8 Å². The first-order valence-corrected chi connectivity index (χ1v) is 6.08. The second-order valence-corrected chi connectivity index (χ2v) is 4.51. The van der Waals surface area contributed by atoms with E-state index in [0.29, 0.717) is 23.5 Å². The predicted molar refractivity (Wildman–Crippen MR) is 67.6 cm³/mol. The van der Waals surface area contributed by atoms with E-state index in [0.717, 1.165) is 0 Å². The summed E-state index contributed by atoms with van der Waals surface area (Å²) in [6.45, 7) is 1.52. The summed E-state index contributed by atoms with van der Waals surface area (Å²) >= 11 is 1.22. The number of ether oxygens (including phenoxy) is 1. The maximum absolute atomic E-state index is 13.4. The zero-order valence-electron chi connectivity index (χ0n) is 9.75. The summed E-state index contributed by atoms with van der Waals surface area (Å²) < 4.78 is 18.3. The topological polar surface area (TPSA) is 26.3 Å². The summed E-state index contributed by atoms with van der Waals surface area (Å²) in [7, 11) is 1.49. The Morgan fingerprint density at radius 3 is 2.88 bits per heavy atom. The number of methoxy groups -OCH3 is 1. The highest BCUT2D eigenvalue weighted by atomic mass is 32.2. The van der Waals surface area contributed by atoms with E-state index < -0.39 is 5.82 Å². The van der Waals surface area contributed by atoms with E-state index in [2.05, 4.69) is 11.8 Å². The normalized spacial score (nSPS) is 9.35. The van der Waals surface area contributed by atoms with Crippen LogP contribution in [0.25, 0.3) is 0 Å². The van der Waals surface area contributed by atoms with E-state index in [-0.39, 0.29) is 5.12 Å². The Balaban J connectivity index is 2.57. The van der Waals surface area contributed by atoms with Crippen LogP contribution in [-0.4, -0.2) is 18.0 Å². The zero-order valence-corrected chi connectivity index (χ0v) is 10.6. The van der Waals surface area contributed by atoms with Gasteiger partial charge in [-0.25, -0.2) is 4.39 Å². The van der Waals surface area contributed by atoms with Gasteiger partial charge < -0.3 is 4.74 Å². The number of halogens is 1. The van der Waals surface area contributed by atoms with Crippen LogP contribution in [0, 0.1) is 17.7 Å². The van der Waals surface area contributed by atoms with Gasteiger partial charge in [-0.2, -0.15) is 0 Å². The quantitative estimate of drug-likeness (QED) is 0.611. The fraction of sp³-hybridized carbons (Fsp3) is 0.308. The van der Waals surface area contributed by atoms with Crippen LogP contribution < -0.4 is 4.74 Å². The lowest BCUT2D eigenvalue weighted by molar-refractivity contribution is -0.109. The Hall–Kier alpha value is -1.47. The highest BCUT2D eigenvalue weighted by Gasteiger charge is 2.00. The minimum absolute atomic E-state index is 0.0717. The van der Waals surface area contributed by atoms with Crippen molar-refractivity contribution in [1.29, 1.82) is 0 Å². The third-order valence-corrected chi connectivity index (χ3v) is 2.75. The van der Waals surface area contributed by atoms with Crippen molar-refractivity contribution in [2.24, 2.45) is 0 Å². The van der Waals surface area contributed by atoms with Crippen LogP contribution in [0.4, 0.5) is 4.39 Å². The third kappa shape index (κ3) is 4.92. The number of hydrogen-bond donors (Lipinski definition) is 0. The summed E-state index contributed by atoms with van der Waals surface area (Å²) in [5.74, 6) is 6.28. The molecule has 0 heterocycles. The molecule has 90 valence electrons. The summed E-state index contributed by atoms with van der Waals surface area (Å²) in [6.07, 6.45) is 0.565. The van der Waals surface area contributed by atoms with Crippen molar-refractivity contribution >= 4 is 16.9 Å². The van der Waals surface area contributed by atoms with Crippen molar-refractivity contribution in [3.8, 4) is 17.6 Å². The number of carbonyl (C=O) groups is 1. The van der Waals surface area contributed by atoms with Gasteiger partial charge in [-0.05, 0) is 12.1 Å². The average molecular weight is 252 g/mol. The molecule has 1 rings (SSSR count). The maximum atomic E-state index is 13.4. The molecule has 4 heteroatoms. The van der Waals surface area contributed by atoms with E-state index in [1.54, 1.807) is 12.1 Å². The molecule has 17 heavy (non-hydrogen) atoms. The summed E-state index contributed by atoms with van der Waals surface area (Å²) in [5.41, 5.74) is 0.346. The molecule has 0 aliphatic carbocycles. The van der Waals surface area contributed by atoms with Crippen LogP contribution in [0.5, 0.6) is 5.75 Å². The van der Waals surface area contributed by atoms with Crippen LogP contribution in [0.1, 0.15) is 18.9 Å². The molecular formula is C13H13FO2S. The van der Waals surface area contributed by atoms with Crippen molar-refractivity contribution < 1.29 is 13.9 Å². The molecule has 2 nitrogen and oxygen atoms in total. The molecular weight excluding hydrogens is 239 g/mol. The molecule has 0 bridgehead atoms. The van der Waals surface area contributed by atoms with E-state index >= 15 is 0 Å². The smallest absolute Gasteiger partial charge is 0.185 e. The van der Waals surface area contributed by atoms with Gasteiger partial charge in [-0.3, -0.25) is 4.79 Å². The van der Waals surface area contributed by atoms with Gasteiger partial charge in [-0.15, -0.1) is 0 Å². The highest BCUT2D eigenvalue weighted by molar-refractivity contribution is 8.13. The van der Waals surface area contributed by atoms with Crippen LogP contribution in [0.15, 0.2) is 18.2 Å². The lowest BCUT2D eigenvalue weighted by Gasteiger charge is -1.99. The Kier molecular flexibility index (Phi) is 5.58. The molecule has 0 saturated carbocycles. The third-order valence-electron chi connectivity index (χ3n) is 1.93. The van der Waals surface area contributed by atoms with Gasteiger partial charge in [0.05, 0.1) is 12.7 Å². The largest absolute Gasteiger partial charge is 0.497 e. The van der Waals surface area contributed by atoms with Gasteiger partial charge in [0.1, 0.15) is 11.6 Å². The van der Waals surface area contributed by atoms with Crippen molar-refractivity contribution in [2.75, 3.05) is 12.9 Å². The van der Waals surface area contributed by atoms with Gasteiger partial charge >= 0.3 is 0 Å². The average Bonchev–Trinajstić information content (AvgIpc) is 2.30. The Morgan fingerprint density at radius 1 is 1.53 bits per heavy atom. The van der Waals surface area contributed by atoms with Gasteiger partial charge in [0, 0.05) is 25.2 Å². The maximum Gasteiger partial charge on any atom is 0.185 e. The molecule has 0 spiro atoms. The standard InChI is InChI=1S/C13H13FO2S/c1-10(15)17-8-4-3-5-11-6-7-12(16-2)9-13(11)14/h6-7,9H,4,8H2,1-2H3. The molecule has 0 aliphatic heterocycles. The fourth-order valence-corrected chi connectivity index (χ4v) is 1.62. The summed E-state index contributed by atoms with van der Waals surface area (Å²) in [5, 5.41) is 0.0717. The molecule has 1 aromatic rings. The van der Waals surface area contributed by atoms with E-state index in [1.165, 1.54) is 31.9 Å². The van der Waals surface area contributed by atoms with Crippen molar-refractivity contribution in [1.82, 2.24) is 0 Å². The van der Waals surface area contributed by atoms with Crippen LogP contribution in [0.3, 0.4) is 0 Å². The second-order valence-electron chi connectivity index (χ2n) is 3.24. The minimum Gasteiger partial charge on any atom is -0.497 e. The first-order chi connectivity index (χ1) is 8.13. The first kappa shape index (κ1) is 13.6. The number of rotatable bonds is 3. The minimum atomic E-state index is -0.393. The van der Waals surface area contributed by atoms with Gasteiger partial charge in [0.2, 0.25) is 0 Å². The highest BCUT2D eigenvalue weighted by Crippen LogP contribution is 2.15. The van der Waals surface area contributed by atoms with Crippen molar-refractivity contribution in [3.05, 3.63) is 29.6 Å². The number of carbonyl (C=O) groups excluding carboxylic acids is 1. The lowest BCUT2D eigenvalue weighted by Crippen LogP contribution is -1.88. The number of hydrogen-bond acceptors (Lipinski definition) is 3. The van der Waals surface area contributed by atoms with Crippen molar-refractivity contribution in [2.45, 2.75) is 13.3 Å². The molecule has 0 aromatic heterocycles. The predicted octanol–water partition coefficient (Wildman–Crippen LogP) is 2.86. The molecule has 0 aliphatic rings. The molecule has 0 unspecified atom stereocenters. The Labute approximate surface area is 105 Å². The summed E-state index contributed by atoms with van der Waals surface area (Å²) in [4.78, 5) is 10.6. The molecule has 0 N–H and O–H groups in total. The molecule has 0 amide bonds. The van der Waals surface area contributed by atoms with E-state index in [1.807, 2.05) is 0 Å². The molecule has 0 fully saturated rings. The lowest BCUT2D eigenvalue weighted by atomic mass is 10.2. The Bertz CT molecular complexity index is 460. The SMILES string of the molecule is COc1ccc(C#CCCSC(C)=O)c(F)c1. The molecule has 0 radical (unpaired) electrons.